The Bertz CT molecular complexity index is 892. The van der Waals surface area contributed by atoms with Crippen LogP contribution < -0.4 is 5.43 Å². The zero-order chi connectivity index (χ0) is 15.0. The SMILES string of the molecule is Cc1cc(=O)c2ccc(O)c(C(=O)c3ccccc3)c2o1. The maximum absolute atomic E-state index is 12.6. The number of carbonyl (C=O) groups excluding carboxylic acids is 1. The number of aryl methyl sites for hydroxylation is 1. The first-order chi connectivity index (χ1) is 10.1. The summed E-state index contributed by atoms with van der Waals surface area (Å²) < 4.78 is 5.52. The van der Waals surface area contributed by atoms with Gasteiger partial charge in [-0.25, -0.2) is 0 Å². The first kappa shape index (κ1) is 13.1. The number of rotatable bonds is 2. The molecule has 2 aromatic carbocycles. The Morgan fingerprint density at radius 2 is 1.81 bits per heavy atom. The molecule has 21 heavy (non-hydrogen) atoms. The number of aromatic hydroxyl groups is 1. The van der Waals surface area contributed by atoms with Gasteiger partial charge in [-0.05, 0) is 19.1 Å². The predicted octanol–water partition coefficient (Wildman–Crippen LogP) is 3.04. The predicted molar refractivity (Wildman–Crippen MR) is 78.8 cm³/mol. The molecule has 0 saturated heterocycles. The van der Waals surface area contributed by atoms with E-state index in [2.05, 4.69) is 0 Å². The van der Waals surface area contributed by atoms with Crippen LogP contribution >= 0.6 is 0 Å². The lowest BCUT2D eigenvalue weighted by Crippen LogP contribution is -2.07. The van der Waals surface area contributed by atoms with Gasteiger partial charge in [0.05, 0.1) is 5.39 Å². The number of fused-ring (bicyclic) bond motifs is 1. The highest BCUT2D eigenvalue weighted by Gasteiger charge is 2.20. The van der Waals surface area contributed by atoms with E-state index in [0.29, 0.717) is 11.3 Å². The summed E-state index contributed by atoms with van der Waals surface area (Å²) in [5.74, 6) is -0.197. The molecule has 4 nitrogen and oxygen atoms in total. The summed E-state index contributed by atoms with van der Waals surface area (Å²) in [4.78, 5) is 24.6. The van der Waals surface area contributed by atoms with Gasteiger partial charge in [0.2, 0.25) is 5.78 Å². The summed E-state index contributed by atoms with van der Waals surface area (Å²) >= 11 is 0. The van der Waals surface area contributed by atoms with E-state index in [1.807, 2.05) is 0 Å². The molecule has 3 rings (SSSR count). The Morgan fingerprint density at radius 1 is 1.10 bits per heavy atom. The molecule has 4 heteroatoms. The highest BCUT2D eigenvalue weighted by atomic mass is 16.3. The van der Waals surface area contributed by atoms with Crippen LogP contribution in [0.15, 0.2) is 57.7 Å². The first-order valence-electron chi connectivity index (χ1n) is 6.44. The fraction of sp³-hybridized carbons (Fsp3) is 0.0588. The second-order valence-electron chi connectivity index (χ2n) is 4.75. The van der Waals surface area contributed by atoms with Crippen molar-refractivity contribution in [2.45, 2.75) is 6.92 Å². The van der Waals surface area contributed by atoms with Crippen molar-refractivity contribution in [1.29, 1.82) is 0 Å². The van der Waals surface area contributed by atoms with Crippen molar-refractivity contribution in [3.63, 3.8) is 0 Å². The van der Waals surface area contributed by atoms with E-state index in [-0.39, 0.29) is 33.5 Å². The fourth-order valence-electron chi connectivity index (χ4n) is 2.28. The standard InChI is InChI=1S/C17H12O4/c1-10-9-14(19)12-7-8-13(18)15(17(12)21-10)16(20)11-5-3-2-4-6-11/h2-9,18H,1H3. The molecule has 0 spiro atoms. The smallest absolute Gasteiger partial charge is 0.200 e. The second kappa shape index (κ2) is 4.90. The highest BCUT2D eigenvalue weighted by molar-refractivity contribution is 6.16. The van der Waals surface area contributed by atoms with Crippen molar-refractivity contribution < 1.29 is 14.3 Å². The topological polar surface area (TPSA) is 67.5 Å². The van der Waals surface area contributed by atoms with Gasteiger partial charge in [0.15, 0.2) is 11.0 Å². The van der Waals surface area contributed by atoms with Crippen LogP contribution in [0.5, 0.6) is 5.75 Å². The van der Waals surface area contributed by atoms with Crippen LogP contribution in [0.3, 0.4) is 0 Å². The van der Waals surface area contributed by atoms with Gasteiger partial charge in [-0.3, -0.25) is 9.59 Å². The van der Waals surface area contributed by atoms with Crippen molar-refractivity contribution in [1.82, 2.24) is 0 Å². The molecule has 0 unspecified atom stereocenters. The van der Waals surface area contributed by atoms with Gasteiger partial charge < -0.3 is 9.52 Å². The maximum Gasteiger partial charge on any atom is 0.200 e. The molecule has 0 bridgehead atoms. The fourth-order valence-corrected chi connectivity index (χ4v) is 2.28. The zero-order valence-electron chi connectivity index (χ0n) is 11.3. The minimum atomic E-state index is -0.382. The minimum Gasteiger partial charge on any atom is -0.507 e. The van der Waals surface area contributed by atoms with Crippen LogP contribution in [0.1, 0.15) is 21.7 Å². The lowest BCUT2D eigenvalue weighted by molar-refractivity contribution is 0.103. The Labute approximate surface area is 120 Å². The van der Waals surface area contributed by atoms with E-state index in [1.165, 1.54) is 18.2 Å². The van der Waals surface area contributed by atoms with Gasteiger partial charge in [0, 0.05) is 11.6 Å². The summed E-state index contributed by atoms with van der Waals surface area (Å²) in [5.41, 5.74) is 0.314. The molecule has 0 fully saturated rings. The highest BCUT2D eigenvalue weighted by Crippen LogP contribution is 2.28. The first-order valence-corrected chi connectivity index (χ1v) is 6.44. The normalized spacial score (nSPS) is 10.7. The summed E-state index contributed by atoms with van der Waals surface area (Å²) in [6, 6.07) is 12.7. The molecule has 0 amide bonds. The van der Waals surface area contributed by atoms with E-state index in [0.717, 1.165) is 0 Å². The lowest BCUT2D eigenvalue weighted by atomic mass is 10.00. The molecule has 3 aromatic rings. The largest absolute Gasteiger partial charge is 0.507 e. The minimum absolute atomic E-state index is 0.0134. The number of ketones is 1. The van der Waals surface area contributed by atoms with Gasteiger partial charge in [-0.1, -0.05) is 30.3 Å². The van der Waals surface area contributed by atoms with Crippen LogP contribution in [0, 0.1) is 6.92 Å². The van der Waals surface area contributed by atoms with Crippen LogP contribution in [0.25, 0.3) is 11.0 Å². The van der Waals surface area contributed by atoms with E-state index >= 15 is 0 Å². The van der Waals surface area contributed by atoms with E-state index in [4.69, 9.17) is 4.42 Å². The van der Waals surface area contributed by atoms with Crippen LogP contribution in [-0.2, 0) is 0 Å². The molecule has 0 saturated carbocycles. The van der Waals surface area contributed by atoms with Crippen LogP contribution in [0.4, 0.5) is 0 Å². The van der Waals surface area contributed by atoms with Crippen molar-refractivity contribution in [3.8, 4) is 5.75 Å². The van der Waals surface area contributed by atoms with Crippen LogP contribution in [0.2, 0.25) is 0 Å². The van der Waals surface area contributed by atoms with Crippen LogP contribution in [-0.4, -0.2) is 10.9 Å². The van der Waals surface area contributed by atoms with Gasteiger partial charge in [-0.2, -0.15) is 0 Å². The molecule has 0 radical (unpaired) electrons. The lowest BCUT2D eigenvalue weighted by Gasteiger charge is -2.08. The number of hydrogen-bond acceptors (Lipinski definition) is 4. The molecule has 0 atom stereocenters. The van der Waals surface area contributed by atoms with E-state index in [9.17, 15) is 14.7 Å². The zero-order valence-corrected chi connectivity index (χ0v) is 11.3. The molecular formula is C17H12O4. The maximum atomic E-state index is 12.6. The molecule has 0 aliphatic heterocycles. The van der Waals surface area contributed by atoms with Gasteiger partial charge >= 0.3 is 0 Å². The van der Waals surface area contributed by atoms with E-state index in [1.54, 1.807) is 37.3 Å². The quantitative estimate of drug-likeness (QED) is 0.733. The summed E-state index contributed by atoms with van der Waals surface area (Å²) in [7, 11) is 0. The third-order valence-electron chi connectivity index (χ3n) is 3.26. The number of benzene rings is 2. The van der Waals surface area contributed by atoms with Crippen molar-refractivity contribution in [2.75, 3.05) is 0 Å². The summed E-state index contributed by atoms with van der Waals surface area (Å²) in [6.07, 6.45) is 0. The molecule has 104 valence electrons. The van der Waals surface area contributed by atoms with E-state index < -0.39 is 0 Å². The van der Waals surface area contributed by atoms with Gasteiger partial charge in [-0.15, -0.1) is 0 Å². The third-order valence-corrected chi connectivity index (χ3v) is 3.26. The Kier molecular flexibility index (Phi) is 3.06. The van der Waals surface area contributed by atoms with Gasteiger partial charge in [0.25, 0.3) is 0 Å². The number of carbonyl (C=O) groups is 1. The Hall–Kier alpha value is -2.88. The monoisotopic (exact) mass is 280 g/mol. The average Bonchev–Trinajstić information content (AvgIpc) is 2.47. The Morgan fingerprint density at radius 3 is 2.52 bits per heavy atom. The second-order valence-corrected chi connectivity index (χ2v) is 4.75. The number of phenols is 1. The van der Waals surface area contributed by atoms with Gasteiger partial charge in [0.1, 0.15) is 17.1 Å². The molecule has 1 N–H and O–H groups in total. The third kappa shape index (κ3) is 2.21. The van der Waals surface area contributed by atoms with Crippen molar-refractivity contribution >= 4 is 16.8 Å². The summed E-state index contributed by atoms with van der Waals surface area (Å²) in [6.45, 7) is 1.63. The van der Waals surface area contributed by atoms with Crippen molar-refractivity contribution in [3.05, 3.63) is 75.6 Å². The average molecular weight is 280 g/mol. The molecule has 0 aliphatic carbocycles. The van der Waals surface area contributed by atoms with Crippen molar-refractivity contribution in [2.24, 2.45) is 0 Å². The number of phenolic OH excluding ortho intramolecular Hbond substituents is 1. The Balaban J connectivity index is 2.34. The molecule has 1 aromatic heterocycles. The summed E-state index contributed by atoms with van der Waals surface area (Å²) in [5, 5.41) is 10.3. The molecule has 0 aliphatic rings. The molecule has 1 heterocycles. The number of hydrogen-bond donors (Lipinski definition) is 1. The molecular weight excluding hydrogens is 268 g/mol.